The maximum Gasteiger partial charge on any atom is 0.165 e. The van der Waals surface area contributed by atoms with Crippen LogP contribution in [-0.4, -0.2) is 16.4 Å². The highest BCUT2D eigenvalue weighted by Gasteiger charge is 2.33. The molecule has 0 aromatic heterocycles. The van der Waals surface area contributed by atoms with Gasteiger partial charge in [0.1, 0.15) is 0 Å². The van der Waals surface area contributed by atoms with Gasteiger partial charge in [0.15, 0.2) is 9.76 Å². The third-order valence-corrected chi connectivity index (χ3v) is 6.89. The van der Waals surface area contributed by atoms with Gasteiger partial charge in [-0.1, -0.05) is 51.4 Å². The smallest absolute Gasteiger partial charge is 0.165 e. The van der Waals surface area contributed by atoms with E-state index in [1.807, 2.05) is 0 Å². The van der Waals surface area contributed by atoms with Crippen LogP contribution in [0.3, 0.4) is 0 Å². The number of rotatable bonds is 5. The average Bonchev–Trinajstić information content (AvgIpc) is 2.90. The van der Waals surface area contributed by atoms with Crippen molar-refractivity contribution < 1.29 is 4.43 Å². The van der Waals surface area contributed by atoms with E-state index >= 15 is 0 Å². The third kappa shape index (κ3) is 3.07. The summed E-state index contributed by atoms with van der Waals surface area (Å²) in [6.45, 7) is 3.12. The molecule has 2 saturated carbocycles. The zero-order valence-corrected chi connectivity index (χ0v) is 11.6. The molecular weight excluding hydrogens is 200 g/mol. The van der Waals surface area contributed by atoms with Gasteiger partial charge >= 0.3 is 0 Å². The Balaban J connectivity index is 1.88. The first-order valence-corrected chi connectivity index (χ1v) is 8.39. The molecule has 0 heterocycles. The topological polar surface area (TPSA) is 9.23 Å². The van der Waals surface area contributed by atoms with Crippen molar-refractivity contribution in [3.8, 4) is 0 Å². The summed E-state index contributed by atoms with van der Waals surface area (Å²) >= 11 is 0. The van der Waals surface area contributed by atoms with Gasteiger partial charge in [-0.3, -0.25) is 0 Å². The van der Waals surface area contributed by atoms with E-state index in [4.69, 9.17) is 4.43 Å². The molecule has 0 unspecified atom stereocenters. The van der Waals surface area contributed by atoms with Crippen LogP contribution in [0.25, 0.3) is 0 Å². The van der Waals surface area contributed by atoms with Crippen molar-refractivity contribution in [2.45, 2.75) is 63.8 Å². The Morgan fingerprint density at radius 2 is 1.47 bits per heavy atom. The van der Waals surface area contributed by atoms with Crippen LogP contribution in [0.4, 0.5) is 0 Å². The Hall–Kier alpha value is 0.177. The average molecular weight is 226 g/mol. The fourth-order valence-electron chi connectivity index (χ4n) is 3.68. The summed E-state index contributed by atoms with van der Waals surface area (Å²) in [4.78, 5) is 0. The molecule has 0 aliphatic heterocycles. The Bertz CT molecular complexity index is 155. The summed E-state index contributed by atoms with van der Waals surface area (Å²) < 4.78 is 5.86. The van der Waals surface area contributed by atoms with Gasteiger partial charge in [0.25, 0.3) is 0 Å². The maximum atomic E-state index is 5.86. The van der Waals surface area contributed by atoms with Gasteiger partial charge in [0.05, 0.1) is 0 Å². The minimum atomic E-state index is -0.234. The van der Waals surface area contributed by atoms with Crippen molar-refractivity contribution in [1.29, 1.82) is 0 Å². The summed E-state index contributed by atoms with van der Waals surface area (Å²) in [5, 5.41) is 0. The molecule has 2 aliphatic carbocycles. The largest absolute Gasteiger partial charge is 0.424 e. The minimum absolute atomic E-state index is 0.234. The molecule has 2 fully saturated rings. The van der Waals surface area contributed by atoms with E-state index in [0.717, 1.165) is 24.0 Å². The van der Waals surface area contributed by atoms with Crippen molar-refractivity contribution >= 4 is 9.76 Å². The first-order chi connectivity index (χ1) is 7.42. The van der Waals surface area contributed by atoms with Crippen LogP contribution in [0.15, 0.2) is 0 Å². The van der Waals surface area contributed by atoms with Crippen LogP contribution in [0.2, 0.25) is 5.54 Å². The van der Waals surface area contributed by atoms with Gasteiger partial charge in [0.2, 0.25) is 0 Å². The first-order valence-electron chi connectivity index (χ1n) is 6.99. The fraction of sp³-hybridized carbons (Fsp3) is 1.00. The van der Waals surface area contributed by atoms with Crippen molar-refractivity contribution in [1.82, 2.24) is 0 Å². The third-order valence-electron chi connectivity index (χ3n) is 4.53. The summed E-state index contributed by atoms with van der Waals surface area (Å²) in [5.74, 6) is 2.12. The highest BCUT2D eigenvalue weighted by atomic mass is 28.2. The lowest BCUT2D eigenvalue weighted by Gasteiger charge is -2.28. The molecule has 0 aromatic carbocycles. The quantitative estimate of drug-likeness (QED) is 0.654. The summed E-state index contributed by atoms with van der Waals surface area (Å²) in [6.07, 6.45) is 12.0. The molecule has 0 spiro atoms. The van der Waals surface area contributed by atoms with Crippen LogP contribution in [-0.2, 0) is 4.43 Å². The Labute approximate surface area is 96.9 Å². The van der Waals surface area contributed by atoms with Crippen LogP contribution in [0.5, 0.6) is 0 Å². The van der Waals surface area contributed by atoms with E-state index in [-0.39, 0.29) is 9.76 Å². The van der Waals surface area contributed by atoms with Crippen LogP contribution >= 0.6 is 0 Å². The number of hydrogen-bond acceptors (Lipinski definition) is 1. The van der Waals surface area contributed by atoms with E-state index in [2.05, 4.69) is 6.92 Å². The van der Waals surface area contributed by atoms with E-state index in [0.29, 0.717) is 0 Å². The van der Waals surface area contributed by atoms with Gasteiger partial charge in [-0.15, -0.1) is 0 Å². The molecule has 0 bridgehead atoms. The Morgan fingerprint density at radius 3 is 1.87 bits per heavy atom. The van der Waals surface area contributed by atoms with Gasteiger partial charge in [0, 0.05) is 6.61 Å². The Kier molecular flexibility index (Phi) is 4.70. The Morgan fingerprint density at radius 1 is 1.00 bits per heavy atom. The van der Waals surface area contributed by atoms with Crippen molar-refractivity contribution in [2.75, 3.05) is 6.61 Å². The zero-order valence-electron chi connectivity index (χ0n) is 10.2. The molecule has 0 N–H and O–H groups in total. The first kappa shape index (κ1) is 11.7. The lowest BCUT2D eigenvalue weighted by Crippen LogP contribution is -2.22. The minimum Gasteiger partial charge on any atom is -0.424 e. The molecule has 2 heteroatoms. The lowest BCUT2D eigenvalue weighted by molar-refractivity contribution is 0.303. The normalized spacial score (nSPS) is 25.2. The van der Waals surface area contributed by atoms with E-state index in [9.17, 15) is 0 Å². The van der Waals surface area contributed by atoms with Crippen LogP contribution in [0, 0.1) is 11.8 Å². The van der Waals surface area contributed by atoms with Gasteiger partial charge in [-0.2, -0.15) is 0 Å². The molecule has 0 saturated heterocycles. The molecule has 2 aliphatic rings. The molecule has 0 amide bonds. The predicted molar refractivity (Wildman–Crippen MR) is 67.8 cm³/mol. The highest BCUT2D eigenvalue weighted by Crippen LogP contribution is 2.44. The fourth-order valence-corrected chi connectivity index (χ4v) is 5.68. The second-order valence-electron chi connectivity index (χ2n) is 5.41. The summed E-state index contributed by atoms with van der Waals surface area (Å²) in [6, 6.07) is 0. The monoisotopic (exact) mass is 226 g/mol. The molecule has 0 atom stereocenters. The predicted octanol–water partition coefficient (Wildman–Crippen LogP) is 3.28. The van der Waals surface area contributed by atoms with E-state index in [1.165, 1.54) is 51.4 Å². The second kappa shape index (κ2) is 6.05. The van der Waals surface area contributed by atoms with E-state index in [1.54, 1.807) is 0 Å². The van der Waals surface area contributed by atoms with Crippen molar-refractivity contribution in [3.63, 3.8) is 0 Å². The molecule has 1 nitrogen and oxygen atoms in total. The van der Waals surface area contributed by atoms with E-state index < -0.39 is 0 Å². The molecule has 0 aromatic rings. The molecule has 15 heavy (non-hydrogen) atoms. The molecule has 0 radical (unpaired) electrons. The van der Waals surface area contributed by atoms with Crippen molar-refractivity contribution in [3.05, 3.63) is 0 Å². The van der Waals surface area contributed by atoms with Crippen LogP contribution in [0.1, 0.15) is 58.3 Å². The zero-order chi connectivity index (χ0) is 10.5. The summed E-state index contributed by atoms with van der Waals surface area (Å²) in [7, 11) is -0.234. The lowest BCUT2D eigenvalue weighted by atomic mass is 9.91. The highest BCUT2D eigenvalue weighted by molar-refractivity contribution is 6.29. The number of hydrogen-bond donors (Lipinski definition) is 0. The standard InChI is InChI=1S/C13H26OSi/c1-2-14-15-13(11-7-3-4-8-11)12-9-5-6-10-12/h11-13H,2-10,15H2,1H3. The molecule has 2 rings (SSSR count). The SMILES string of the molecule is CCO[SiH2]C(C1CCCC1)C1CCCC1. The molecule has 88 valence electrons. The van der Waals surface area contributed by atoms with Crippen molar-refractivity contribution in [2.24, 2.45) is 11.8 Å². The van der Waals surface area contributed by atoms with Crippen LogP contribution < -0.4 is 0 Å². The van der Waals surface area contributed by atoms with Gasteiger partial charge in [-0.25, -0.2) is 0 Å². The van der Waals surface area contributed by atoms with Gasteiger partial charge < -0.3 is 4.43 Å². The van der Waals surface area contributed by atoms with Gasteiger partial charge in [-0.05, 0) is 24.3 Å². The maximum absolute atomic E-state index is 5.86. The summed E-state index contributed by atoms with van der Waals surface area (Å²) in [5.41, 5.74) is 1.04. The second-order valence-corrected chi connectivity index (χ2v) is 7.10. The molecular formula is C13H26OSi.